The average Bonchev–Trinajstić information content (AvgIpc) is 2.71. The van der Waals surface area contributed by atoms with E-state index >= 15 is 0 Å². The lowest BCUT2D eigenvalue weighted by Crippen LogP contribution is -2.40. The number of likely N-dealkylation sites (N-methyl/N-ethyl adjacent to an activating group) is 1. The number of ether oxygens (including phenoxy) is 1. The summed E-state index contributed by atoms with van der Waals surface area (Å²) < 4.78 is 31.3. The molecule has 0 aliphatic rings. The normalized spacial score (nSPS) is 11.9. The van der Waals surface area contributed by atoms with Gasteiger partial charge in [0.2, 0.25) is 10.0 Å². The van der Waals surface area contributed by atoms with Crippen molar-refractivity contribution in [1.29, 1.82) is 0 Å². The van der Waals surface area contributed by atoms with Crippen molar-refractivity contribution in [2.75, 3.05) is 34.3 Å². The monoisotopic (exact) mass is 438 g/mol. The van der Waals surface area contributed by atoms with Crippen LogP contribution in [0.2, 0.25) is 5.02 Å². The third-order valence-electron chi connectivity index (χ3n) is 4.22. The van der Waals surface area contributed by atoms with E-state index in [1.165, 1.54) is 7.05 Å². The summed E-state index contributed by atoms with van der Waals surface area (Å²) in [6.45, 7) is 1.74. The number of hydrogen-bond acceptors (Lipinski definition) is 4. The van der Waals surface area contributed by atoms with Crippen LogP contribution in [0.1, 0.15) is 11.1 Å². The average molecular weight is 439 g/mol. The summed E-state index contributed by atoms with van der Waals surface area (Å²) in [4.78, 5) is 6.26. The molecule has 0 radical (unpaired) electrons. The fourth-order valence-corrected chi connectivity index (χ4v) is 3.45. The summed E-state index contributed by atoms with van der Waals surface area (Å²) in [6, 6.07) is 14.7. The van der Waals surface area contributed by atoms with E-state index in [1.807, 2.05) is 48.3 Å². The maximum atomic E-state index is 11.6. The number of benzene rings is 2. The minimum atomic E-state index is -3.27. The van der Waals surface area contributed by atoms with E-state index in [1.54, 1.807) is 19.2 Å². The molecule has 0 unspecified atom stereocenters. The molecule has 158 valence electrons. The van der Waals surface area contributed by atoms with Gasteiger partial charge in [0.1, 0.15) is 12.4 Å². The van der Waals surface area contributed by atoms with E-state index in [4.69, 9.17) is 16.3 Å². The van der Waals surface area contributed by atoms with Crippen molar-refractivity contribution in [2.45, 2.75) is 12.3 Å². The Hall–Kier alpha value is -2.29. The molecule has 7 nitrogen and oxygen atoms in total. The Balaban J connectivity index is 1.80. The summed E-state index contributed by atoms with van der Waals surface area (Å²) in [5, 5.41) is 3.97. The number of nitrogens with one attached hydrogen (secondary N) is 2. The second kappa shape index (κ2) is 11.0. The summed E-state index contributed by atoms with van der Waals surface area (Å²) in [5.74, 6) is 1.48. The predicted molar refractivity (Wildman–Crippen MR) is 118 cm³/mol. The van der Waals surface area contributed by atoms with Gasteiger partial charge in [-0.2, -0.15) is 0 Å². The Kier molecular flexibility index (Phi) is 8.75. The van der Waals surface area contributed by atoms with E-state index in [-0.39, 0.29) is 5.75 Å². The number of halogens is 1. The highest BCUT2D eigenvalue weighted by molar-refractivity contribution is 7.88. The van der Waals surface area contributed by atoms with Gasteiger partial charge in [-0.05, 0) is 42.4 Å². The van der Waals surface area contributed by atoms with Crippen molar-refractivity contribution in [3.63, 3.8) is 0 Å². The number of hydrogen-bond donors (Lipinski definition) is 2. The van der Waals surface area contributed by atoms with Crippen LogP contribution in [0.25, 0.3) is 0 Å². The van der Waals surface area contributed by atoms with Gasteiger partial charge < -0.3 is 15.0 Å². The Morgan fingerprint density at radius 1 is 1.10 bits per heavy atom. The van der Waals surface area contributed by atoms with Crippen molar-refractivity contribution < 1.29 is 13.2 Å². The summed E-state index contributed by atoms with van der Waals surface area (Å²) in [6.07, 6.45) is 0. The standard InChI is InChI=1S/C20H27ClN4O3S/c1-22-20(25(3)12-13-28-19-10-8-18(21)9-11-19)24-14-16-4-6-17(7-5-16)15-29(26,27)23-2/h4-11,23H,12-15H2,1-3H3,(H,22,24). The van der Waals surface area contributed by atoms with Gasteiger partial charge in [-0.3, -0.25) is 4.99 Å². The Morgan fingerprint density at radius 3 is 2.31 bits per heavy atom. The second-order valence-corrected chi connectivity index (χ2v) is 8.77. The molecule has 2 N–H and O–H groups in total. The molecule has 2 rings (SSSR count). The molecular weight excluding hydrogens is 412 g/mol. The molecular formula is C20H27ClN4O3S. The van der Waals surface area contributed by atoms with E-state index in [0.717, 1.165) is 22.8 Å². The molecule has 0 saturated carbocycles. The van der Waals surface area contributed by atoms with Crippen molar-refractivity contribution in [3.05, 3.63) is 64.7 Å². The fraction of sp³-hybridized carbons (Fsp3) is 0.350. The van der Waals surface area contributed by atoms with Crippen molar-refractivity contribution >= 4 is 27.6 Å². The highest BCUT2D eigenvalue weighted by atomic mass is 35.5. The van der Waals surface area contributed by atoms with Gasteiger partial charge in [0.05, 0.1) is 12.3 Å². The van der Waals surface area contributed by atoms with Crippen LogP contribution >= 0.6 is 11.6 Å². The minimum absolute atomic E-state index is 0.0325. The lowest BCUT2D eigenvalue weighted by molar-refractivity contribution is 0.281. The molecule has 0 amide bonds. The van der Waals surface area contributed by atoms with Crippen LogP contribution in [0.3, 0.4) is 0 Å². The Bertz CT molecular complexity index is 900. The van der Waals surface area contributed by atoms with Crippen LogP contribution in [0.4, 0.5) is 0 Å². The zero-order valence-corrected chi connectivity index (χ0v) is 18.4. The van der Waals surface area contributed by atoms with E-state index in [2.05, 4.69) is 15.0 Å². The molecule has 0 fully saturated rings. The van der Waals surface area contributed by atoms with Gasteiger partial charge in [-0.1, -0.05) is 35.9 Å². The molecule has 29 heavy (non-hydrogen) atoms. The lowest BCUT2D eigenvalue weighted by Gasteiger charge is -2.22. The maximum Gasteiger partial charge on any atom is 0.215 e. The van der Waals surface area contributed by atoms with Gasteiger partial charge in [0, 0.05) is 25.7 Å². The Labute approximate surface area is 177 Å². The van der Waals surface area contributed by atoms with Crippen LogP contribution < -0.4 is 14.8 Å². The maximum absolute atomic E-state index is 11.6. The first-order valence-electron chi connectivity index (χ1n) is 9.12. The van der Waals surface area contributed by atoms with Gasteiger partial charge in [-0.15, -0.1) is 0 Å². The van der Waals surface area contributed by atoms with Gasteiger partial charge in [-0.25, -0.2) is 13.1 Å². The van der Waals surface area contributed by atoms with E-state index in [0.29, 0.717) is 24.7 Å². The number of rotatable bonds is 9. The zero-order chi connectivity index (χ0) is 21.3. The lowest BCUT2D eigenvalue weighted by atomic mass is 10.1. The van der Waals surface area contributed by atoms with Crippen molar-refractivity contribution in [1.82, 2.24) is 14.9 Å². The predicted octanol–water partition coefficient (Wildman–Crippen LogP) is 2.48. The largest absolute Gasteiger partial charge is 0.492 e. The molecule has 0 aliphatic carbocycles. The summed E-state index contributed by atoms with van der Waals surface area (Å²) in [5.41, 5.74) is 1.77. The molecule has 0 atom stereocenters. The first-order valence-corrected chi connectivity index (χ1v) is 11.1. The first kappa shape index (κ1) is 23.0. The van der Waals surface area contributed by atoms with Crippen LogP contribution in [-0.4, -0.2) is 53.6 Å². The van der Waals surface area contributed by atoms with Crippen LogP contribution in [0.15, 0.2) is 53.5 Å². The topological polar surface area (TPSA) is 83.0 Å². The smallest absolute Gasteiger partial charge is 0.215 e. The summed E-state index contributed by atoms with van der Waals surface area (Å²) in [7, 11) is 1.81. The Morgan fingerprint density at radius 2 is 1.72 bits per heavy atom. The van der Waals surface area contributed by atoms with Crippen LogP contribution in [0.5, 0.6) is 5.75 Å². The number of aliphatic imine (C=N–C) groups is 1. The minimum Gasteiger partial charge on any atom is -0.492 e. The molecule has 2 aromatic carbocycles. The third kappa shape index (κ3) is 7.92. The summed E-state index contributed by atoms with van der Waals surface area (Å²) >= 11 is 5.87. The molecule has 9 heteroatoms. The molecule has 0 spiro atoms. The van der Waals surface area contributed by atoms with E-state index < -0.39 is 10.0 Å². The molecule has 0 saturated heterocycles. The van der Waals surface area contributed by atoms with Crippen molar-refractivity contribution in [2.24, 2.45) is 4.99 Å². The number of sulfonamides is 1. The quantitative estimate of drug-likeness (QED) is 0.464. The fourth-order valence-electron chi connectivity index (χ4n) is 2.55. The third-order valence-corrected chi connectivity index (χ3v) is 5.81. The second-order valence-electron chi connectivity index (χ2n) is 6.40. The number of nitrogens with zero attached hydrogens (tertiary/aromatic N) is 2. The first-order chi connectivity index (χ1) is 13.8. The molecule has 0 bridgehead atoms. The van der Waals surface area contributed by atoms with Gasteiger partial charge >= 0.3 is 0 Å². The van der Waals surface area contributed by atoms with Crippen LogP contribution in [-0.2, 0) is 22.3 Å². The van der Waals surface area contributed by atoms with Crippen LogP contribution in [0, 0.1) is 0 Å². The number of guanidine groups is 1. The molecule has 2 aromatic rings. The van der Waals surface area contributed by atoms with E-state index in [9.17, 15) is 8.42 Å². The highest BCUT2D eigenvalue weighted by Gasteiger charge is 2.09. The van der Waals surface area contributed by atoms with Gasteiger partial charge in [0.15, 0.2) is 5.96 Å². The van der Waals surface area contributed by atoms with Gasteiger partial charge in [0.25, 0.3) is 0 Å². The zero-order valence-electron chi connectivity index (χ0n) is 16.9. The highest BCUT2D eigenvalue weighted by Crippen LogP contribution is 2.15. The SMILES string of the molecule is CN=C(NCc1ccc(CS(=O)(=O)NC)cc1)N(C)CCOc1ccc(Cl)cc1. The molecule has 0 heterocycles. The van der Waals surface area contributed by atoms with Crippen molar-refractivity contribution in [3.8, 4) is 5.75 Å². The molecule has 0 aliphatic heterocycles. The molecule has 0 aromatic heterocycles.